The van der Waals surface area contributed by atoms with E-state index in [4.69, 9.17) is 0 Å². The number of pyridine rings is 1. The standard InChI is InChI=1S/C19H22N6O/c1-12(13-6-3-2-4-7-13)21-19(26)23-17-10-16-15(11-20-17)18(25-24-16)22-14-8-5-9-14/h2-4,6-7,10-12,14H,5,8-9H2,1H3,(H2,22,24,25)(H2,20,21,23,26). The summed E-state index contributed by atoms with van der Waals surface area (Å²) in [5.41, 5.74) is 1.89. The second-order valence-electron chi connectivity index (χ2n) is 6.69. The fraction of sp³-hybridized carbons (Fsp3) is 0.316. The minimum atomic E-state index is -0.291. The summed E-state index contributed by atoms with van der Waals surface area (Å²) in [4.78, 5) is 16.6. The molecule has 1 saturated carbocycles. The van der Waals surface area contributed by atoms with E-state index in [1.807, 2.05) is 37.3 Å². The van der Waals surface area contributed by atoms with Gasteiger partial charge in [-0.05, 0) is 31.7 Å². The van der Waals surface area contributed by atoms with Crippen LogP contribution in [0, 0.1) is 0 Å². The zero-order chi connectivity index (χ0) is 17.9. The van der Waals surface area contributed by atoms with Crippen LogP contribution in [0.3, 0.4) is 0 Å². The van der Waals surface area contributed by atoms with Gasteiger partial charge in [-0.1, -0.05) is 30.3 Å². The Labute approximate surface area is 151 Å². The highest BCUT2D eigenvalue weighted by atomic mass is 16.2. The molecule has 1 unspecified atom stereocenters. The zero-order valence-corrected chi connectivity index (χ0v) is 14.6. The van der Waals surface area contributed by atoms with Crippen molar-refractivity contribution >= 4 is 28.6 Å². The van der Waals surface area contributed by atoms with E-state index in [-0.39, 0.29) is 12.1 Å². The van der Waals surface area contributed by atoms with Gasteiger partial charge in [0.2, 0.25) is 0 Å². The van der Waals surface area contributed by atoms with Gasteiger partial charge in [-0.3, -0.25) is 10.4 Å². The van der Waals surface area contributed by atoms with Crippen molar-refractivity contribution in [3.63, 3.8) is 0 Å². The number of aromatic nitrogens is 3. The molecule has 2 amide bonds. The van der Waals surface area contributed by atoms with Crippen molar-refractivity contribution in [2.75, 3.05) is 10.6 Å². The molecule has 2 heterocycles. The lowest BCUT2D eigenvalue weighted by molar-refractivity contribution is 0.249. The Morgan fingerprint density at radius 3 is 2.81 bits per heavy atom. The number of nitrogens with zero attached hydrogens (tertiary/aromatic N) is 2. The molecule has 0 radical (unpaired) electrons. The minimum Gasteiger partial charge on any atom is -0.365 e. The Bertz CT molecular complexity index is 903. The van der Waals surface area contributed by atoms with Gasteiger partial charge >= 0.3 is 6.03 Å². The van der Waals surface area contributed by atoms with E-state index in [2.05, 4.69) is 31.1 Å². The van der Waals surface area contributed by atoms with Crippen LogP contribution in [0.4, 0.5) is 16.4 Å². The highest BCUT2D eigenvalue weighted by molar-refractivity contribution is 5.94. The highest BCUT2D eigenvalue weighted by Gasteiger charge is 2.19. The monoisotopic (exact) mass is 350 g/mol. The number of carbonyl (C=O) groups excluding carboxylic acids is 1. The number of urea groups is 1. The predicted octanol–water partition coefficient (Wildman–Crippen LogP) is 3.81. The average molecular weight is 350 g/mol. The maximum atomic E-state index is 12.2. The predicted molar refractivity (Wildman–Crippen MR) is 102 cm³/mol. The molecule has 1 aromatic carbocycles. The van der Waals surface area contributed by atoms with Crippen LogP contribution < -0.4 is 16.0 Å². The zero-order valence-electron chi connectivity index (χ0n) is 14.6. The van der Waals surface area contributed by atoms with Crippen molar-refractivity contribution < 1.29 is 4.79 Å². The molecular weight excluding hydrogens is 328 g/mol. The molecule has 1 aliphatic carbocycles. The summed E-state index contributed by atoms with van der Waals surface area (Å²) >= 11 is 0. The largest absolute Gasteiger partial charge is 0.365 e. The van der Waals surface area contributed by atoms with Crippen LogP contribution in [0.1, 0.15) is 37.8 Å². The Kier molecular flexibility index (Phi) is 4.43. The average Bonchev–Trinajstić information content (AvgIpc) is 3.01. The highest BCUT2D eigenvalue weighted by Crippen LogP contribution is 2.27. The van der Waals surface area contributed by atoms with Gasteiger partial charge in [0.25, 0.3) is 0 Å². The summed E-state index contributed by atoms with van der Waals surface area (Å²) < 4.78 is 0. The molecule has 134 valence electrons. The Morgan fingerprint density at radius 1 is 1.27 bits per heavy atom. The number of anilines is 2. The van der Waals surface area contributed by atoms with E-state index < -0.39 is 0 Å². The summed E-state index contributed by atoms with van der Waals surface area (Å²) in [5, 5.41) is 17.4. The smallest absolute Gasteiger partial charge is 0.320 e. The van der Waals surface area contributed by atoms with Crippen molar-refractivity contribution in [3.05, 3.63) is 48.2 Å². The van der Waals surface area contributed by atoms with Gasteiger partial charge in [0.1, 0.15) is 5.82 Å². The van der Waals surface area contributed by atoms with Gasteiger partial charge < -0.3 is 10.6 Å². The molecule has 1 atom stereocenters. The van der Waals surface area contributed by atoms with Crippen molar-refractivity contribution in [3.8, 4) is 0 Å². The van der Waals surface area contributed by atoms with E-state index in [1.165, 1.54) is 19.3 Å². The quantitative estimate of drug-likeness (QED) is 0.563. The first-order valence-electron chi connectivity index (χ1n) is 8.92. The minimum absolute atomic E-state index is 0.0923. The van der Waals surface area contributed by atoms with E-state index in [0.717, 1.165) is 22.3 Å². The molecule has 1 aliphatic rings. The number of amides is 2. The number of H-pyrrole nitrogens is 1. The number of hydrogen-bond acceptors (Lipinski definition) is 4. The van der Waals surface area contributed by atoms with E-state index in [0.29, 0.717) is 11.9 Å². The van der Waals surface area contributed by atoms with Crippen molar-refractivity contribution in [2.45, 2.75) is 38.3 Å². The molecule has 1 fully saturated rings. The van der Waals surface area contributed by atoms with Crippen molar-refractivity contribution in [2.24, 2.45) is 0 Å². The van der Waals surface area contributed by atoms with E-state index in [9.17, 15) is 4.79 Å². The van der Waals surface area contributed by atoms with Gasteiger partial charge in [-0.2, -0.15) is 5.10 Å². The van der Waals surface area contributed by atoms with Crippen molar-refractivity contribution in [1.82, 2.24) is 20.5 Å². The lowest BCUT2D eigenvalue weighted by Crippen LogP contribution is -2.31. The molecule has 7 nitrogen and oxygen atoms in total. The van der Waals surface area contributed by atoms with E-state index in [1.54, 1.807) is 12.3 Å². The summed E-state index contributed by atoms with van der Waals surface area (Å²) in [7, 11) is 0. The number of fused-ring (bicyclic) bond motifs is 1. The molecule has 4 rings (SSSR count). The number of benzene rings is 1. The van der Waals surface area contributed by atoms with Crippen LogP contribution in [0.15, 0.2) is 42.6 Å². The Morgan fingerprint density at radius 2 is 2.08 bits per heavy atom. The van der Waals surface area contributed by atoms with E-state index >= 15 is 0 Å². The van der Waals surface area contributed by atoms with Crippen LogP contribution in [-0.4, -0.2) is 27.3 Å². The topological polar surface area (TPSA) is 94.7 Å². The molecule has 0 aliphatic heterocycles. The first-order chi connectivity index (χ1) is 12.7. The molecule has 7 heteroatoms. The maximum absolute atomic E-state index is 12.2. The Balaban J connectivity index is 1.41. The van der Waals surface area contributed by atoms with Crippen LogP contribution in [-0.2, 0) is 0 Å². The third-order valence-corrected chi connectivity index (χ3v) is 4.78. The van der Waals surface area contributed by atoms with Gasteiger partial charge in [-0.25, -0.2) is 9.78 Å². The van der Waals surface area contributed by atoms with Crippen LogP contribution in [0.2, 0.25) is 0 Å². The van der Waals surface area contributed by atoms with Crippen LogP contribution >= 0.6 is 0 Å². The molecule has 0 bridgehead atoms. The Hall–Kier alpha value is -3.09. The lowest BCUT2D eigenvalue weighted by atomic mass is 9.93. The third kappa shape index (κ3) is 3.46. The summed E-state index contributed by atoms with van der Waals surface area (Å²) in [6.45, 7) is 1.94. The lowest BCUT2D eigenvalue weighted by Gasteiger charge is -2.26. The molecule has 0 spiro atoms. The molecule has 2 aromatic heterocycles. The molecule has 4 N–H and O–H groups in total. The summed E-state index contributed by atoms with van der Waals surface area (Å²) in [6, 6.07) is 11.7. The van der Waals surface area contributed by atoms with Crippen LogP contribution in [0.25, 0.3) is 10.9 Å². The van der Waals surface area contributed by atoms with Gasteiger partial charge in [-0.15, -0.1) is 0 Å². The third-order valence-electron chi connectivity index (χ3n) is 4.78. The molecular formula is C19H22N6O. The summed E-state index contributed by atoms with van der Waals surface area (Å²) in [6.07, 6.45) is 5.36. The molecule has 0 saturated heterocycles. The molecule has 26 heavy (non-hydrogen) atoms. The number of carbonyl (C=O) groups is 1. The number of aromatic amines is 1. The SMILES string of the molecule is CC(NC(=O)Nc1cc2[nH]nc(NC3CCC3)c2cn1)c1ccccc1. The van der Waals surface area contributed by atoms with Gasteiger partial charge in [0, 0.05) is 18.3 Å². The second-order valence-corrected chi connectivity index (χ2v) is 6.69. The number of rotatable bonds is 5. The number of nitrogens with one attached hydrogen (secondary N) is 4. The second kappa shape index (κ2) is 7.03. The first-order valence-corrected chi connectivity index (χ1v) is 8.92. The normalized spacial score (nSPS) is 15.3. The fourth-order valence-corrected chi connectivity index (χ4v) is 3.01. The van der Waals surface area contributed by atoms with Gasteiger partial charge in [0.15, 0.2) is 5.82 Å². The van der Waals surface area contributed by atoms with Crippen molar-refractivity contribution in [1.29, 1.82) is 0 Å². The van der Waals surface area contributed by atoms with Gasteiger partial charge in [0.05, 0.1) is 16.9 Å². The fourth-order valence-electron chi connectivity index (χ4n) is 3.01. The molecule has 3 aromatic rings. The van der Waals surface area contributed by atoms with Crippen LogP contribution in [0.5, 0.6) is 0 Å². The first kappa shape index (κ1) is 16.4. The maximum Gasteiger partial charge on any atom is 0.320 e. The summed E-state index contributed by atoms with van der Waals surface area (Å²) in [5.74, 6) is 1.31. The number of hydrogen-bond donors (Lipinski definition) is 4.